The summed E-state index contributed by atoms with van der Waals surface area (Å²) >= 11 is 6.44. The van der Waals surface area contributed by atoms with E-state index in [1.54, 1.807) is 25.1 Å². The Morgan fingerprint density at radius 1 is 1.21 bits per heavy atom. The van der Waals surface area contributed by atoms with E-state index in [9.17, 15) is 14.4 Å². The van der Waals surface area contributed by atoms with Crippen LogP contribution in [0.5, 0.6) is 0 Å². The number of hydrogen-bond acceptors (Lipinski definition) is 3. The molecule has 0 spiro atoms. The third kappa shape index (κ3) is 4.20. The average molecular weight is 409 g/mol. The quantitative estimate of drug-likeness (QED) is 0.480. The van der Waals surface area contributed by atoms with Gasteiger partial charge < -0.3 is 5.32 Å². The van der Waals surface area contributed by atoms with Gasteiger partial charge in [0.1, 0.15) is 22.6 Å². The summed E-state index contributed by atoms with van der Waals surface area (Å²) in [5, 5.41) is 16.8. The molecule has 5 nitrogen and oxygen atoms in total. The molecule has 0 saturated carbocycles. The lowest BCUT2D eigenvalue weighted by atomic mass is 10.1. The van der Waals surface area contributed by atoms with Crippen molar-refractivity contribution >= 4 is 29.3 Å². The van der Waals surface area contributed by atoms with Gasteiger partial charge >= 0.3 is 0 Å². The molecule has 3 aromatic rings. The number of carbonyl (C=O) groups is 1. The topological polar surface area (TPSA) is 70.7 Å². The van der Waals surface area contributed by atoms with Crippen LogP contribution in [0, 0.1) is 37.9 Å². The predicted molar refractivity (Wildman–Crippen MR) is 111 cm³/mol. The Balaban J connectivity index is 1.95. The normalized spacial score (nSPS) is 11.2. The first-order valence-corrected chi connectivity index (χ1v) is 9.20. The third-order valence-corrected chi connectivity index (χ3v) is 4.99. The van der Waals surface area contributed by atoms with Gasteiger partial charge in [-0.2, -0.15) is 10.4 Å². The highest BCUT2D eigenvalue weighted by molar-refractivity contribution is 6.31. The maximum atomic E-state index is 13.2. The molecule has 3 rings (SSSR count). The summed E-state index contributed by atoms with van der Waals surface area (Å²) in [6.45, 7) is 5.56. The molecule has 1 N–H and O–H groups in total. The maximum Gasteiger partial charge on any atom is 0.266 e. The van der Waals surface area contributed by atoms with Crippen LogP contribution < -0.4 is 5.32 Å². The number of nitrogens with one attached hydrogen (secondary N) is 1. The lowest BCUT2D eigenvalue weighted by molar-refractivity contribution is -0.112. The van der Waals surface area contributed by atoms with Crippen molar-refractivity contribution in [3.05, 3.63) is 81.4 Å². The van der Waals surface area contributed by atoms with Crippen LogP contribution in [-0.4, -0.2) is 15.7 Å². The van der Waals surface area contributed by atoms with Crippen LogP contribution in [0.3, 0.4) is 0 Å². The van der Waals surface area contributed by atoms with Gasteiger partial charge in [0.05, 0.1) is 11.4 Å². The van der Waals surface area contributed by atoms with Crippen molar-refractivity contribution in [1.82, 2.24) is 9.78 Å². The number of hydrogen-bond donors (Lipinski definition) is 1. The number of halogens is 2. The lowest BCUT2D eigenvalue weighted by Crippen LogP contribution is -2.14. The molecule has 0 unspecified atom stereocenters. The van der Waals surface area contributed by atoms with E-state index in [1.807, 2.05) is 32.0 Å². The van der Waals surface area contributed by atoms with Gasteiger partial charge in [-0.25, -0.2) is 9.07 Å². The van der Waals surface area contributed by atoms with Gasteiger partial charge in [-0.3, -0.25) is 4.79 Å². The Kier molecular flexibility index (Phi) is 5.81. The molecule has 1 amide bonds. The second kappa shape index (κ2) is 8.29. The van der Waals surface area contributed by atoms with Crippen LogP contribution >= 0.6 is 11.6 Å². The Morgan fingerprint density at radius 2 is 1.90 bits per heavy atom. The fourth-order valence-electron chi connectivity index (χ4n) is 2.80. The Bertz CT molecular complexity index is 1160. The van der Waals surface area contributed by atoms with E-state index in [1.165, 1.54) is 22.9 Å². The molecule has 7 heteroatoms. The van der Waals surface area contributed by atoms with Gasteiger partial charge in [0.15, 0.2) is 0 Å². The van der Waals surface area contributed by atoms with Gasteiger partial charge in [-0.1, -0.05) is 23.7 Å². The highest BCUT2D eigenvalue weighted by Gasteiger charge is 2.17. The van der Waals surface area contributed by atoms with E-state index in [4.69, 9.17) is 11.6 Å². The molecule has 0 saturated heterocycles. The first kappa shape index (κ1) is 20.3. The van der Waals surface area contributed by atoms with Crippen molar-refractivity contribution in [2.45, 2.75) is 20.8 Å². The molecule has 1 aromatic heterocycles. The molecule has 1 heterocycles. The highest BCUT2D eigenvalue weighted by atomic mass is 35.5. The van der Waals surface area contributed by atoms with E-state index in [-0.39, 0.29) is 16.5 Å². The number of aromatic nitrogens is 2. The van der Waals surface area contributed by atoms with Crippen LogP contribution in [0.4, 0.5) is 10.1 Å². The fourth-order valence-corrected chi connectivity index (χ4v) is 3.12. The van der Waals surface area contributed by atoms with Crippen molar-refractivity contribution in [3.8, 4) is 11.8 Å². The predicted octanol–water partition coefficient (Wildman–Crippen LogP) is 5.14. The van der Waals surface area contributed by atoms with Crippen LogP contribution in [0.2, 0.25) is 5.15 Å². The molecule has 0 bridgehead atoms. The number of benzene rings is 2. The number of nitriles is 1. The largest absolute Gasteiger partial charge is 0.321 e. The smallest absolute Gasteiger partial charge is 0.266 e. The van der Waals surface area contributed by atoms with Crippen LogP contribution in [-0.2, 0) is 4.79 Å². The minimum Gasteiger partial charge on any atom is -0.321 e. The minimum atomic E-state index is -0.536. The number of carbonyl (C=O) groups excluding carboxylic acids is 1. The monoisotopic (exact) mass is 408 g/mol. The number of rotatable bonds is 4. The van der Waals surface area contributed by atoms with Crippen molar-refractivity contribution in [2.75, 3.05) is 5.32 Å². The van der Waals surface area contributed by atoms with Crippen LogP contribution in [0.15, 0.2) is 48.0 Å². The molecule has 0 fully saturated rings. The van der Waals surface area contributed by atoms with Crippen molar-refractivity contribution in [3.63, 3.8) is 0 Å². The first-order valence-electron chi connectivity index (χ1n) is 8.82. The molecular formula is C22H18ClFN4O. The fraction of sp³-hybridized carbons (Fsp3) is 0.136. The van der Waals surface area contributed by atoms with E-state index >= 15 is 0 Å². The third-order valence-electron chi connectivity index (χ3n) is 4.63. The van der Waals surface area contributed by atoms with E-state index in [2.05, 4.69) is 10.4 Å². The van der Waals surface area contributed by atoms with Gasteiger partial charge in [0, 0.05) is 11.3 Å². The first-order chi connectivity index (χ1) is 13.8. The van der Waals surface area contributed by atoms with E-state index < -0.39 is 5.91 Å². The summed E-state index contributed by atoms with van der Waals surface area (Å²) in [5.41, 5.74) is 4.05. The average Bonchev–Trinajstić information content (AvgIpc) is 2.97. The molecule has 0 aliphatic rings. The van der Waals surface area contributed by atoms with Gasteiger partial charge in [-0.15, -0.1) is 0 Å². The summed E-state index contributed by atoms with van der Waals surface area (Å²) in [4.78, 5) is 12.6. The molecule has 0 aliphatic carbocycles. The zero-order valence-electron chi connectivity index (χ0n) is 16.1. The number of anilines is 1. The molecule has 29 heavy (non-hydrogen) atoms. The second-order valence-corrected chi connectivity index (χ2v) is 6.91. The van der Waals surface area contributed by atoms with Crippen molar-refractivity contribution in [1.29, 1.82) is 5.26 Å². The van der Waals surface area contributed by atoms with Crippen LogP contribution in [0.1, 0.15) is 22.4 Å². The zero-order chi connectivity index (χ0) is 21.1. The number of amides is 1. The molecule has 146 valence electrons. The van der Waals surface area contributed by atoms with Gasteiger partial charge in [0.25, 0.3) is 5.91 Å². The van der Waals surface area contributed by atoms with Crippen molar-refractivity contribution < 1.29 is 9.18 Å². The maximum absolute atomic E-state index is 13.2. The molecule has 2 aromatic carbocycles. The SMILES string of the molecule is Cc1cccc(NC(=O)/C(C#N)=C/c2c(C)nn(-c3ccc(F)cc3)c2Cl)c1C. The van der Waals surface area contributed by atoms with Gasteiger partial charge in [0.2, 0.25) is 0 Å². The molecular weight excluding hydrogens is 391 g/mol. The van der Waals surface area contributed by atoms with E-state index in [0.717, 1.165) is 11.1 Å². The Labute approximate surface area is 173 Å². The molecule has 0 aliphatic heterocycles. The lowest BCUT2D eigenvalue weighted by Gasteiger charge is -2.09. The highest BCUT2D eigenvalue weighted by Crippen LogP contribution is 2.26. The Hall–Kier alpha value is -3.43. The standard InChI is InChI=1S/C22H18ClFN4O/c1-13-5-4-6-20(14(13)2)26-22(29)16(12-25)11-19-15(3)27-28(21(19)23)18-9-7-17(24)8-10-18/h4-11H,1-3H3,(H,26,29)/b16-11+. The van der Waals surface area contributed by atoms with Crippen LogP contribution in [0.25, 0.3) is 11.8 Å². The molecule has 0 atom stereocenters. The summed E-state index contributed by atoms with van der Waals surface area (Å²) in [6, 6.07) is 13.2. The Morgan fingerprint density at radius 3 is 2.55 bits per heavy atom. The van der Waals surface area contributed by atoms with Crippen molar-refractivity contribution in [2.24, 2.45) is 0 Å². The number of aryl methyl sites for hydroxylation is 2. The second-order valence-electron chi connectivity index (χ2n) is 6.55. The van der Waals surface area contributed by atoms with Gasteiger partial charge in [-0.05, 0) is 68.3 Å². The summed E-state index contributed by atoms with van der Waals surface area (Å²) in [5.74, 6) is -0.907. The summed E-state index contributed by atoms with van der Waals surface area (Å²) in [6.07, 6.45) is 1.41. The summed E-state index contributed by atoms with van der Waals surface area (Å²) in [7, 11) is 0. The summed E-state index contributed by atoms with van der Waals surface area (Å²) < 4.78 is 14.6. The minimum absolute atomic E-state index is 0.102. The van der Waals surface area contributed by atoms with E-state index in [0.29, 0.717) is 22.6 Å². The number of nitrogens with zero attached hydrogens (tertiary/aromatic N) is 3. The zero-order valence-corrected chi connectivity index (χ0v) is 16.9. The molecule has 0 radical (unpaired) electrons.